The minimum absolute atomic E-state index is 0. The Morgan fingerprint density at radius 2 is 1.58 bits per heavy atom. The van der Waals surface area contributed by atoms with Gasteiger partial charge < -0.3 is 27.9 Å². The molecule has 19 heavy (non-hydrogen) atoms. The maximum atomic E-state index is 11.5. The molecule has 0 atom stereocenters. The Morgan fingerprint density at radius 3 is 1.89 bits per heavy atom. The number of carbonyl (C=O) groups is 1. The quantitative estimate of drug-likeness (QED) is 0.602. The van der Waals surface area contributed by atoms with E-state index in [-0.39, 0.29) is 69.9 Å². The smallest absolute Gasteiger partial charge is 0.449 e. The van der Waals surface area contributed by atoms with Crippen molar-refractivity contribution in [1.82, 2.24) is 10.2 Å². The molecule has 9 heteroatoms. The Kier molecular flexibility index (Phi) is 11.1. The molecule has 1 rings (SSSR count). The van der Waals surface area contributed by atoms with Gasteiger partial charge in [-0.3, -0.25) is 0 Å². The van der Waals surface area contributed by atoms with Gasteiger partial charge in [0.2, 0.25) is 0 Å². The molecular weight excluding hydrogens is 287 g/mol. The average Bonchev–Trinajstić information content (AvgIpc) is 2.14. The van der Waals surface area contributed by atoms with Crippen LogP contribution in [0.15, 0.2) is 0 Å². The summed E-state index contributed by atoms with van der Waals surface area (Å²) in [5, 5.41) is 3.18. The molecule has 0 aromatic carbocycles. The first-order chi connectivity index (χ1) is 7.99. The Balaban J connectivity index is 0. The first kappa shape index (κ1) is 22.0. The second kappa shape index (κ2) is 9.62. The SMILES string of the molecule is CC(C)(C)OC(=O)N1CCNCC1.C[B-](F)(F)F.[K+]. The van der Waals surface area contributed by atoms with E-state index in [9.17, 15) is 17.7 Å². The number of ether oxygens (including phenoxy) is 1. The van der Waals surface area contributed by atoms with E-state index in [4.69, 9.17) is 4.74 Å². The van der Waals surface area contributed by atoms with Gasteiger partial charge in [0, 0.05) is 26.2 Å². The van der Waals surface area contributed by atoms with E-state index < -0.39 is 6.98 Å². The molecule has 4 nitrogen and oxygen atoms in total. The van der Waals surface area contributed by atoms with Crippen molar-refractivity contribution in [1.29, 1.82) is 0 Å². The summed E-state index contributed by atoms with van der Waals surface area (Å²) in [5.74, 6) is 0. The van der Waals surface area contributed by atoms with Crippen molar-refractivity contribution in [3.8, 4) is 0 Å². The molecule has 1 heterocycles. The van der Waals surface area contributed by atoms with Crippen LogP contribution < -0.4 is 56.7 Å². The summed E-state index contributed by atoms with van der Waals surface area (Å²) < 4.78 is 36.5. The zero-order valence-electron chi connectivity index (χ0n) is 12.3. The summed E-state index contributed by atoms with van der Waals surface area (Å²) in [6.07, 6.45) is -0.200. The largest absolute Gasteiger partial charge is 1.00 e. The number of nitrogens with one attached hydrogen (secondary N) is 1. The number of nitrogens with zero attached hydrogens (tertiary/aromatic N) is 1. The molecule has 1 fully saturated rings. The number of hydrogen-bond donors (Lipinski definition) is 1. The molecule has 0 aliphatic carbocycles. The van der Waals surface area contributed by atoms with Gasteiger partial charge in [0.05, 0.1) is 0 Å². The summed E-state index contributed by atoms with van der Waals surface area (Å²) in [5.41, 5.74) is -0.387. The molecule has 0 aromatic rings. The van der Waals surface area contributed by atoms with Crippen LogP contribution in [0.5, 0.6) is 0 Å². The zero-order valence-corrected chi connectivity index (χ0v) is 15.4. The average molecular weight is 308 g/mol. The first-order valence-corrected chi connectivity index (χ1v) is 5.91. The number of hydrogen-bond acceptors (Lipinski definition) is 3. The van der Waals surface area contributed by atoms with Gasteiger partial charge in [-0.2, -0.15) is 0 Å². The summed E-state index contributed by atoms with van der Waals surface area (Å²) in [4.78, 5) is 13.2. The Labute approximate surface area is 155 Å². The van der Waals surface area contributed by atoms with Gasteiger partial charge in [0.25, 0.3) is 0 Å². The Bertz CT molecular complexity index is 260. The Hall–Kier alpha value is 0.721. The van der Waals surface area contributed by atoms with Gasteiger partial charge in [-0.05, 0) is 20.8 Å². The minimum Gasteiger partial charge on any atom is -0.449 e. The van der Waals surface area contributed by atoms with E-state index in [1.54, 1.807) is 4.90 Å². The van der Waals surface area contributed by atoms with Crippen LogP contribution in [-0.2, 0) is 4.74 Å². The molecule has 1 N–H and O–H groups in total. The number of piperazine rings is 1. The molecule has 0 bridgehead atoms. The predicted octanol–water partition coefficient (Wildman–Crippen LogP) is -0.706. The maximum Gasteiger partial charge on any atom is 1.00 e. The van der Waals surface area contributed by atoms with Gasteiger partial charge in [0.15, 0.2) is 0 Å². The normalized spacial score (nSPS) is 15.8. The molecule has 0 radical (unpaired) electrons. The fourth-order valence-corrected chi connectivity index (χ4v) is 1.17. The summed E-state index contributed by atoms with van der Waals surface area (Å²) in [6, 6.07) is 0. The van der Waals surface area contributed by atoms with Gasteiger partial charge >= 0.3 is 64.5 Å². The molecule has 0 unspecified atom stereocenters. The van der Waals surface area contributed by atoms with E-state index in [1.807, 2.05) is 20.8 Å². The van der Waals surface area contributed by atoms with Gasteiger partial charge in [-0.1, -0.05) is 6.82 Å². The summed E-state index contributed by atoms with van der Waals surface area (Å²) >= 11 is 0. The van der Waals surface area contributed by atoms with Gasteiger partial charge in [-0.15, -0.1) is 0 Å². The number of amides is 1. The van der Waals surface area contributed by atoms with Crippen molar-refractivity contribution in [3.05, 3.63) is 0 Å². The summed E-state index contributed by atoms with van der Waals surface area (Å²) in [7, 11) is 0. The molecule has 0 saturated carbocycles. The molecule has 1 saturated heterocycles. The van der Waals surface area contributed by atoms with E-state index in [1.165, 1.54) is 0 Å². The van der Waals surface area contributed by atoms with Gasteiger partial charge in [-0.25, -0.2) is 4.79 Å². The number of carbonyl (C=O) groups excluding carboxylic acids is 1. The second-order valence-electron chi connectivity index (χ2n) is 5.12. The molecule has 0 spiro atoms. The monoisotopic (exact) mass is 308 g/mol. The Morgan fingerprint density at radius 1 is 1.21 bits per heavy atom. The number of halogens is 3. The van der Waals surface area contributed by atoms with Gasteiger partial charge in [0.1, 0.15) is 5.60 Å². The van der Waals surface area contributed by atoms with Crippen molar-refractivity contribution >= 4 is 13.1 Å². The molecule has 1 amide bonds. The van der Waals surface area contributed by atoms with Crippen molar-refractivity contribution in [2.45, 2.75) is 33.2 Å². The third-order valence-corrected chi connectivity index (χ3v) is 1.77. The molecule has 1 aliphatic heterocycles. The van der Waals surface area contributed by atoms with Crippen LogP contribution in [-0.4, -0.2) is 49.8 Å². The van der Waals surface area contributed by atoms with Crippen LogP contribution in [0.25, 0.3) is 0 Å². The maximum absolute atomic E-state index is 11.5. The van der Waals surface area contributed by atoms with Crippen molar-refractivity contribution in [2.24, 2.45) is 0 Å². The topological polar surface area (TPSA) is 41.6 Å². The zero-order chi connectivity index (χ0) is 14.4. The fourth-order valence-electron chi connectivity index (χ4n) is 1.17. The van der Waals surface area contributed by atoms with E-state index in [0.717, 1.165) is 26.2 Å². The van der Waals surface area contributed by atoms with Crippen molar-refractivity contribution in [2.75, 3.05) is 26.2 Å². The van der Waals surface area contributed by atoms with Crippen LogP contribution in [0.3, 0.4) is 0 Å². The van der Waals surface area contributed by atoms with Crippen LogP contribution in [0.4, 0.5) is 17.7 Å². The molecule has 1 aliphatic rings. The third-order valence-electron chi connectivity index (χ3n) is 1.77. The van der Waals surface area contributed by atoms with E-state index in [2.05, 4.69) is 5.32 Å². The van der Waals surface area contributed by atoms with Crippen LogP contribution in [0.1, 0.15) is 20.8 Å². The van der Waals surface area contributed by atoms with Crippen molar-refractivity contribution in [3.63, 3.8) is 0 Å². The van der Waals surface area contributed by atoms with Crippen LogP contribution >= 0.6 is 0 Å². The van der Waals surface area contributed by atoms with Crippen molar-refractivity contribution < 1.29 is 73.9 Å². The minimum atomic E-state index is -4.50. The fraction of sp³-hybridized carbons (Fsp3) is 0.900. The molecule has 0 aromatic heterocycles. The first-order valence-electron chi connectivity index (χ1n) is 5.91. The predicted molar refractivity (Wildman–Crippen MR) is 65.6 cm³/mol. The second-order valence-corrected chi connectivity index (χ2v) is 5.12. The molecule has 108 valence electrons. The number of rotatable bonds is 0. The van der Waals surface area contributed by atoms with Crippen LogP contribution in [0, 0.1) is 0 Å². The standard InChI is InChI=1S/C9H18N2O2.CH3BF3.K/c1-9(2,3)13-8(12)11-6-4-10-5-7-11;1-2(3,4)5;/h10H,4-7H2,1-3H3;1H3;/q;-1;+1. The molecular formula is C10H21BF3KN2O2. The summed E-state index contributed by atoms with van der Waals surface area (Å²) in [6.45, 7) is 4.61. The third kappa shape index (κ3) is 16.7. The van der Waals surface area contributed by atoms with E-state index in [0.29, 0.717) is 0 Å². The van der Waals surface area contributed by atoms with Crippen LogP contribution in [0.2, 0.25) is 6.82 Å². The van der Waals surface area contributed by atoms with E-state index >= 15 is 0 Å².